The summed E-state index contributed by atoms with van der Waals surface area (Å²) in [6, 6.07) is 0. The van der Waals surface area contributed by atoms with E-state index in [4.69, 9.17) is 10.5 Å². The van der Waals surface area contributed by atoms with Gasteiger partial charge in [-0.25, -0.2) is 4.98 Å². The Kier molecular flexibility index (Phi) is 3.92. The number of aromatic nitrogens is 2. The van der Waals surface area contributed by atoms with Gasteiger partial charge in [-0.05, 0) is 13.8 Å². The average molecular weight is 183 g/mol. The Morgan fingerprint density at radius 3 is 2.92 bits per heavy atom. The zero-order valence-electron chi connectivity index (χ0n) is 8.23. The van der Waals surface area contributed by atoms with Crippen LogP contribution in [-0.2, 0) is 11.3 Å². The van der Waals surface area contributed by atoms with Gasteiger partial charge in [0.1, 0.15) is 6.10 Å². The minimum atomic E-state index is -0.0209. The number of hydrogen-bond donors (Lipinski definition) is 1. The summed E-state index contributed by atoms with van der Waals surface area (Å²) in [5.74, 6) is 0. The van der Waals surface area contributed by atoms with Gasteiger partial charge in [0, 0.05) is 19.7 Å². The molecule has 0 saturated heterocycles. The molecule has 4 heteroatoms. The van der Waals surface area contributed by atoms with E-state index in [1.54, 1.807) is 6.33 Å². The molecule has 0 saturated carbocycles. The maximum Gasteiger partial charge on any atom is 0.111 e. The summed E-state index contributed by atoms with van der Waals surface area (Å²) in [7, 11) is 0. The van der Waals surface area contributed by atoms with Crippen LogP contribution in [0.1, 0.15) is 25.6 Å². The molecule has 0 bridgehead atoms. The highest BCUT2D eigenvalue weighted by Gasteiger charge is 2.13. The van der Waals surface area contributed by atoms with Gasteiger partial charge >= 0.3 is 0 Å². The second-order valence-corrected chi connectivity index (χ2v) is 2.78. The molecule has 0 amide bonds. The van der Waals surface area contributed by atoms with E-state index in [0.29, 0.717) is 13.2 Å². The maximum absolute atomic E-state index is 5.61. The van der Waals surface area contributed by atoms with Crippen LogP contribution in [0.15, 0.2) is 12.5 Å². The Balaban J connectivity index is 2.77. The molecule has 4 nitrogen and oxygen atoms in total. The van der Waals surface area contributed by atoms with Crippen LogP contribution >= 0.6 is 0 Å². The molecule has 0 aromatic carbocycles. The van der Waals surface area contributed by atoms with Gasteiger partial charge in [-0.15, -0.1) is 0 Å². The van der Waals surface area contributed by atoms with Crippen molar-refractivity contribution in [3.63, 3.8) is 0 Å². The van der Waals surface area contributed by atoms with Crippen molar-refractivity contribution in [2.75, 3.05) is 13.2 Å². The van der Waals surface area contributed by atoms with Gasteiger partial charge in [-0.2, -0.15) is 0 Å². The normalized spacial score (nSPS) is 13.2. The van der Waals surface area contributed by atoms with Gasteiger partial charge in [0.15, 0.2) is 0 Å². The molecule has 2 N–H and O–H groups in total. The summed E-state index contributed by atoms with van der Waals surface area (Å²) in [5, 5.41) is 0. The van der Waals surface area contributed by atoms with E-state index in [1.165, 1.54) is 0 Å². The SMILES string of the molecule is CCOC(CN)c1cncn1CC. The van der Waals surface area contributed by atoms with E-state index in [9.17, 15) is 0 Å². The van der Waals surface area contributed by atoms with Crippen LogP contribution in [0.5, 0.6) is 0 Å². The Morgan fingerprint density at radius 2 is 2.38 bits per heavy atom. The lowest BCUT2D eigenvalue weighted by atomic mass is 10.2. The molecule has 0 aliphatic rings. The van der Waals surface area contributed by atoms with E-state index in [0.717, 1.165) is 12.2 Å². The maximum atomic E-state index is 5.61. The minimum Gasteiger partial charge on any atom is -0.371 e. The number of hydrogen-bond acceptors (Lipinski definition) is 3. The molecule has 1 aromatic heterocycles. The highest BCUT2D eigenvalue weighted by Crippen LogP contribution is 2.15. The lowest BCUT2D eigenvalue weighted by molar-refractivity contribution is 0.0633. The molecule has 0 radical (unpaired) electrons. The van der Waals surface area contributed by atoms with Gasteiger partial charge in [-0.1, -0.05) is 0 Å². The van der Waals surface area contributed by atoms with E-state index >= 15 is 0 Å². The zero-order valence-corrected chi connectivity index (χ0v) is 8.23. The Bertz CT molecular complexity index is 247. The molecule has 0 fully saturated rings. The van der Waals surface area contributed by atoms with Crippen molar-refractivity contribution in [2.24, 2.45) is 5.73 Å². The Morgan fingerprint density at radius 1 is 1.62 bits per heavy atom. The number of imidazole rings is 1. The van der Waals surface area contributed by atoms with Gasteiger partial charge in [-0.3, -0.25) is 0 Å². The zero-order chi connectivity index (χ0) is 9.68. The first-order valence-corrected chi connectivity index (χ1v) is 4.65. The minimum absolute atomic E-state index is 0.0209. The first kappa shape index (κ1) is 10.2. The molecule has 0 spiro atoms. The van der Waals surface area contributed by atoms with Crippen LogP contribution in [0.25, 0.3) is 0 Å². The molecular weight excluding hydrogens is 166 g/mol. The number of aryl methyl sites for hydroxylation is 1. The van der Waals surface area contributed by atoms with Crippen LogP contribution in [0.3, 0.4) is 0 Å². The highest BCUT2D eigenvalue weighted by atomic mass is 16.5. The lowest BCUT2D eigenvalue weighted by Gasteiger charge is -2.15. The first-order chi connectivity index (χ1) is 6.33. The van der Waals surface area contributed by atoms with Gasteiger partial charge < -0.3 is 15.0 Å². The van der Waals surface area contributed by atoms with Crippen molar-refractivity contribution in [1.82, 2.24) is 9.55 Å². The number of ether oxygens (including phenoxy) is 1. The smallest absolute Gasteiger partial charge is 0.111 e. The summed E-state index contributed by atoms with van der Waals surface area (Å²) in [4.78, 5) is 4.07. The third-order valence-electron chi connectivity index (χ3n) is 2.00. The average Bonchev–Trinajstić information content (AvgIpc) is 2.61. The molecule has 1 heterocycles. The third kappa shape index (κ3) is 2.29. The van der Waals surface area contributed by atoms with Crippen molar-refractivity contribution >= 4 is 0 Å². The Hall–Kier alpha value is -0.870. The summed E-state index contributed by atoms with van der Waals surface area (Å²) < 4.78 is 7.54. The largest absolute Gasteiger partial charge is 0.371 e. The fraction of sp³-hybridized carbons (Fsp3) is 0.667. The first-order valence-electron chi connectivity index (χ1n) is 4.65. The van der Waals surface area contributed by atoms with Gasteiger partial charge in [0.05, 0.1) is 18.2 Å². The fourth-order valence-electron chi connectivity index (χ4n) is 1.34. The quantitative estimate of drug-likeness (QED) is 0.739. The summed E-state index contributed by atoms with van der Waals surface area (Å²) in [6.45, 7) is 6.12. The van der Waals surface area contributed by atoms with Gasteiger partial charge in [0.2, 0.25) is 0 Å². The monoisotopic (exact) mass is 183 g/mol. The standard InChI is InChI=1S/C9H17N3O/c1-3-12-7-11-6-8(12)9(5-10)13-4-2/h6-7,9H,3-5,10H2,1-2H3. The molecule has 1 unspecified atom stereocenters. The summed E-state index contributed by atoms with van der Waals surface area (Å²) in [6.07, 6.45) is 3.60. The second-order valence-electron chi connectivity index (χ2n) is 2.78. The summed E-state index contributed by atoms with van der Waals surface area (Å²) >= 11 is 0. The predicted molar refractivity (Wildman–Crippen MR) is 51.3 cm³/mol. The van der Waals surface area contributed by atoms with Crippen LogP contribution in [0, 0.1) is 0 Å². The molecule has 74 valence electrons. The van der Waals surface area contributed by atoms with E-state index in [1.807, 2.05) is 17.7 Å². The third-order valence-corrected chi connectivity index (χ3v) is 2.00. The van der Waals surface area contributed by atoms with Crippen LogP contribution in [0.2, 0.25) is 0 Å². The molecule has 1 aromatic rings. The fourth-order valence-corrected chi connectivity index (χ4v) is 1.34. The predicted octanol–water partition coefficient (Wildman–Crippen LogP) is 0.939. The molecular formula is C9H17N3O. The highest BCUT2D eigenvalue weighted by molar-refractivity contribution is 5.03. The van der Waals surface area contributed by atoms with Crippen molar-refractivity contribution in [3.05, 3.63) is 18.2 Å². The van der Waals surface area contributed by atoms with E-state index in [2.05, 4.69) is 11.9 Å². The topological polar surface area (TPSA) is 53.1 Å². The van der Waals surface area contributed by atoms with E-state index < -0.39 is 0 Å². The molecule has 13 heavy (non-hydrogen) atoms. The molecule has 0 aliphatic heterocycles. The van der Waals surface area contributed by atoms with E-state index in [-0.39, 0.29) is 6.10 Å². The molecule has 1 rings (SSSR count). The van der Waals surface area contributed by atoms with Crippen molar-refractivity contribution in [2.45, 2.75) is 26.5 Å². The number of nitrogens with zero attached hydrogens (tertiary/aromatic N) is 2. The van der Waals surface area contributed by atoms with Crippen LogP contribution < -0.4 is 5.73 Å². The van der Waals surface area contributed by atoms with Crippen molar-refractivity contribution < 1.29 is 4.74 Å². The lowest BCUT2D eigenvalue weighted by Crippen LogP contribution is -2.18. The van der Waals surface area contributed by atoms with Crippen molar-refractivity contribution in [1.29, 1.82) is 0 Å². The molecule has 0 aliphatic carbocycles. The Labute approximate surface area is 78.7 Å². The van der Waals surface area contributed by atoms with Crippen molar-refractivity contribution in [3.8, 4) is 0 Å². The van der Waals surface area contributed by atoms with Crippen LogP contribution in [-0.4, -0.2) is 22.7 Å². The molecule has 1 atom stereocenters. The number of nitrogens with two attached hydrogens (primary N) is 1. The second kappa shape index (κ2) is 4.99. The number of rotatable bonds is 5. The summed E-state index contributed by atoms with van der Waals surface area (Å²) in [5.41, 5.74) is 6.67. The van der Waals surface area contributed by atoms with Crippen LogP contribution in [0.4, 0.5) is 0 Å². The van der Waals surface area contributed by atoms with Gasteiger partial charge in [0.25, 0.3) is 0 Å².